The van der Waals surface area contributed by atoms with Gasteiger partial charge in [0, 0.05) is 30.4 Å². The zero-order chi connectivity index (χ0) is 22.3. The molecule has 0 radical (unpaired) electrons. The minimum absolute atomic E-state index is 0.102. The molecule has 0 spiro atoms. The van der Waals surface area contributed by atoms with Crippen LogP contribution in [-0.2, 0) is 21.2 Å². The molecular weight excluding hydrogens is 420 g/mol. The van der Waals surface area contributed by atoms with Gasteiger partial charge in [0.15, 0.2) is 0 Å². The first-order valence-corrected chi connectivity index (χ1v) is 11.4. The lowest BCUT2D eigenvalue weighted by atomic mass is 10.2. The van der Waals surface area contributed by atoms with Gasteiger partial charge < -0.3 is 9.26 Å². The van der Waals surface area contributed by atoms with E-state index in [1.165, 1.54) is 24.3 Å². The molecule has 0 aliphatic carbocycles. The van der Waals surface area contributed by atoms with E-state index in [4.69, 9.17) is 9.26 Å². The Hall–Kier alpha value is -3.11. The second-order valence-corrected chi connectivity index (χ2v) is 8.66. The number of hydrogen-bond donors (Lipinski definition) is 1. The molecule has 1 unspecified atom stereocenters. The molecule has 0 saturated carbocycles. The van der Waals surface area contributed by atoms with Crippen LogP contribution >= 0.6 is 0 Å². The number of nitrogens with zero attached hydrogens (tertiary/aromatic N) is 3. The summed E-state index contributed by atoms with van der Waals surface area (Å²) in [6.45, 7) is 3.85. The molecule has 2 heterocycles. The van der Waals surface area contributed by atoms with Crippen molar-refractivity contribution in [2.45, 2.75) is 44.0 Å². The monoisotopic (exact) mass is 444 g/mol. The number of esters is 1. The second kappa shape index (κ2) is 10.3. The molecule has 1 N–H and O–H groups in total. The highest BCUT2D eigenvalue weighted by Crippen LogP contribution is 2.15. The highest BCUT2D eigenvalue weighted by Gasteiger charge is 2.17. The normalized spacial score (nSPS) is 12.5. The number of hydrogen-bond acceptors (Lipinski definition) is 8. The van der Waals surface area contributed by atoms with E-state index in [9.17, 15) is 13.2 Å². The minimum atomic E-state index is -3.61. The van der Waals surface area contributed by atoms with E-state index in [0.29, 0.717) is 31.0 Å². The van der Waals surface area contributed by atoms with Gasteiger partial charge in [0.25, 0.3) is 0 Å². The van der Waals surface area contributed by atoms with Crippen molar-refractivity contribution >= 4 is 16.0 Å². The van der Waals surface area contributed by atoms with Crippen LogP contribution in [0.25, 0.3) is 11.4 Å². The third-order valence-corrected chi connectivity index (χ3v) is 6.13. The number of carbonyl (C=O) groups excluding carboxylic acids is 1. The van der Waals surface area contributed by atoms with Crippen LogP contribution in [-0.4, -0.2) is 42.2 Å². The third kappa shape index (κ3) is 6.19. The number of nitrogens with one attached hydrogen (secondary N) is 1. The first-order chi connectivity index (χ1) is 14.9. The van der Waals surface area contributed by atoms with Gasteiger partial charge in [-0.1, -0.05) is 12.1 Å². The summed E-state index contributed by atoms with van der Waals surface area (Å²) >= 11 is 0. The first-order valence-electron chi connectivity index (χ1n) is 9.91. The number of aromatic nitrogens is 3. The van der Waals surface area contributed by atoms with Gasteiger partial charge in [-0.15, -0.1) is 0 Å². The summed E-state index contributed by atoms with van der Waals surface area (Å²) in [5.41, 5.74) is 1.04. The summed E-state index contributed by atoms with van der Waals surface area (Å²) in [5.74, 6) is 0.372. The number of carbonyl (C=O) groups is 1. The summed E-state index contributed by atoms with van der Waals surface area (Å²) in [4.78, 5) is 20.6. The SMILES string of the molecule is CCC(C)NS(=O)(=O)c1ccc(C(=O)OCCCc2nc(-c3cccnc3)no2)cc1. The topological polar surface area (TPSA) is 124 Å². The maximum Gasteiger partial charge on any atom is 0.338 e. The molecule has 10 heteroatoms. The lowest BCUT2D eigenvalue weighted by molar-refractivity contribution is 0.0498. The van der Waals surface area contributed by atoms with Crippen molar-refractivity contribution in [3.8, 4) is 11.4 Å². The summed E-state index contributed by atoms with van der Waals surface area (Å²) < 4.78 is 37.6. The summed E-state index contributed by atoms with van der Waals surface area (Å²) in [6.07, 6.45) is 4.95. The molecule has 0 saturated heterocycles. The predicted octanol–water partition coefficient (Wildman–Crippen LogP) is 3.00. The maximum atomic E-state index is 12.3. The zero-order valence-corrected chi connectivity index (χ0v) is 18.1. The molecule has 164 valence electrons. The number of ether oxygens (including phenoxy) is 1. The van der Waals surface area contributed by atoms with Gasteiger partial charge in [0.1, 0.15) is 0 Å². The number of benzene rings is 1. The van der Waals surface area contributed by atoms with Crippen molar-refractivity contribution in [3.05, 3.63) is 60.2 Å². The molecule has 0 bridgehead atoms. The van der Waals surface area contributed by atoms with Crippen LogP contribution < -0.4 is 4.72 Å². The van der Waals surface area contributed by atoms with Crippen molar-refractivity contribution < 1.29 is 22.5 Å². The molecule has 3 rings (SSSR count). The van der Waals surface area contributed by atoms with Gasteiger partial charge in [-0.25, -0.2) is 17.9 Å². The molecule has 0 aliphatic heterocycles. The standard InChI is InChI=1S/C21H24N4O5S/c1-3-15(2)25-31(27,28)18-10-8-16(9-11-18)21(26)29-13-5-7-19-23-20(24-30-19)17-6-4-12-22-14-17/h4,6,8-12,14-15,25H,3,5,7,13H2,1-2H3. The van der Waals surface area contributed by atoms with E-state index in [-0.39, 0.29) is 23.1 Å². The van der Waals surface area contributed by atoms with Gasteiger partial charge in [0.2, 0.25) is 21.7 Å². The van der Waals surface area contributed by atoms with E-state index in [1.807, 2.05) is 13.0 Å². The van der Waals surface area contributed by atoms with Gasteiger partial charge >= 0.3 is 5.97 Å². The first kappa shape index (κ1) is 22.6. The predicted molar refractivity (Wildman–Crippen MR) is 113 cm³/mol. The second-order valence-electron chi connectivity index (χ2n) is 6.95. The molecule has 3 aromatic rings. The van der Waals surface area contributed by atoms with E-state index >= 15 is 0 Å². The molecule has 2 aromatic heterocycles. The van der Waals surface area contributed by atoms with Gasteiger partial charge in [-0.2, -0.15) is 4.98 Å². The van der Waals surface area contributed by atoms with Crippen LogP contribution in [0.2, 0.25) is 0 Å². The quantitative estimate of drug-likeness (QED) is 0.374. The van der Waals surface area contributed by atoms with Crippen molar-refractivity contribution in [2.24, 2.45) is 0 Å². The van der Waals surface area contributed by atoms with Crippen LogP contribution in [0.3, 0.4) is 0 Å². The molecule has 0 fully saturated rings. The van der Waals surface area contributed by atoms with E-state index in [2.05, 4.69) is 19.8 Å². The highest BCUT2D eigenvalue weighted by molar-refractivity contribution is 7.89. The van der Waals surface area contributed by atoms with Crippen molar-refractivity contribution in [1.82, 2.24) is 19.8 Å². The van der Waals surface area contributed by atoms with Gasteiger partial charge in [-0.05, 0) is 56.2 Å². The fourth-order valence-electron chi connectivity index (χ4n) is 2.63. The van der Waals surface area contributed by atoms with E-state index < -0.39 is 16.0 Å². The molecule has 0 aliphatic rings. The zero-order valence-electron chi connectivity index (χ0n) is 17.3. The number of pyridine rings is 1. The number of rotatable bonds is 10. The van der Waals surface area contributed by atoms with Crippen LogP contribution in [0.5, 0.6) is 0 Å². The number of sulfonamides is 1. The molecule has 1 atom stereocenters. The Morgan fingerprint density at radius 3 is 2.68 bits per heavy atom. The summed E-state index contributed by atoms with van der Waals surface area (Å²) in [7, 11) is -3.61. The van der Waals surface area contributed by atoms with Crippen LogP contribution in [0.15, 0.2) is 58.2 Å². The van der Waals surface area contributed by atoms with Gasteiger partial charge in [-0.3, -0.25) is 4.98 Å². The summed E-state index contributed by atoms with van der Waals surface area (Å²) in [5, 5.41) is 3.91. The van der Waals surface area contributed by atoms with Crippen molar-refractivity contribution in [1.29, 1.82) is 0 Å². The largest absolute Gasteiger partial charge is 0.462 e. The average Bonchev–Trinajstić information content (AvgIpc) is 3.26. The molecular formula is C21H24N4O5S. The van der Waals surface area contributed by atoms with Crippen LogP contribution in [0.4, 0.5) is 0 Å². The molecule has 0 amide bonds. The van der Waals surface area contributed by atoms with E-state index in [0.717, 1.165) is 5.56 Å². The Morgan fingerprint density at radius 2 is 2.00 bits per heavy atom. The highest BCUT2D eigenvalue weighted by atomic mass is 32.2. The van der Waals surface area contributed by atoms with Crippen molar-refractivity contribution in [2.75, 3.05) is 6.61 Å². The van der Waals surface area contributed by atoms with Crippen molar-refractivity contribution in [3.63, 3.8) is 0 Å². The Bertz CT molecular complexity index is 1100. The minimum Gasteiger partial charge on any atom is -0.462 e. The summed E-state index contributed by atoms with van der Waals surface area (Å²) in [6, 6.07) is 9.10. The lowest BCUT2D eigenvalue weighted by Crippen LogP contribution is -2.32. The molecule has 31 heavy (non-hydrogen) atoms. The Labute approximate surface area is 180 Å². The fourth-order valence-corrected chi connectivity index (χ4v) is 3.95. The Kier molecular flexibility index (Phi) is 7.48. The lowest BCUT2D eigenvalue weighted by Gasteiger charge is -2.12. The van der Waals surface area contributed by atoms with Gasteiger partial charge in [0.05, 0.1) is 17.1 Å². The maximum absolute atomic E-state index is 12.3. The Morgan fingerprint density at radius 1 is 1.23 bits per heavy atom. The van der Waals surface area contributed by atoms with Crippen LogP contribution in [0, 0.1) is 0 Å². The Balaban J connectivity index is 1.47. The average molecular weight is 445 g/mol. The molecule has 1 aromatic carbocycles. The fraction of sp³-hybridized carbons (Fsp3) is 0.333. The van der Waals surface area contributed by atoms with E-state index in [1.54, 1.807) is 25.4 Å². The smallest absolute Gasteiger partial charge is 0.338 e. The molecule has 9 nitrogen and oxygen atoms in total. The third-order valence-electron chi connectivity index (χ3n) is 4.52. The van der Waals surface area contributed by atoms with Crippen LogP contribution in [0.1, 0.15) is 42.9 Å². The number of aryl methyl sites for hydroxylation is 1.